The molecule has 0 aliphatic heterocycles. The Bertz CT molecular complexity index is 812. The topological polar surface area (TPSA) is 80.9 Å². The number of fused-ring (bicyclic) bond motifs is 6. The SMILES string of the molecule is CC1(C)[C@@H](O)CC[C@@]2(C)[C@H]1CC[C@]1(O)C[C@]3(C)CC[C@@H]4[C@](C)(CC[C@H](O)[C@]4(C)CO)[C@H]3CC[C@@H]12. The summed E-state index contributed by atoms with van der Waals surface area (Å²) in [6.45, 7) is 14.1. The quantitative estimate of drug-likeness (QED) is 0.414. The fourth-order valence-electron chi connectivity index (χ4n) is 11.8. The largest absolute Gasteiger partial charge is 0.396 e. The Balaban J connectivity index is 1.52. The minimum absolute atomic E-state index is 0.0571. The van der Waals surface area contributed by atoms with E-state index < -0.39 is 17.1 Å². The van der Waals surface area contributed by atoms with E-state index in [2.05, 4.69) is 41.5 Å². The first-order chi connectivity index (χ1) is 15.7. The van der Waals surface area contributed by atoms with Gasteiger partial charge in [0.1, 0.15) is 0 Å². The molecule has 196 valence electrons. The third-order valence-corrected chi connectivity index (χ3v) is 13.6. The lowest BCUT2D eigenvalue weighted by Crippen LogP contribution is -2.62. The Morgan fingerprint density at radius 3 is 1.82 bits per heavy atom. The maximum atomic E-state index is 12.4. The van der Waals surface area contributed by atoms with Crippen LogP contribution in [0.15, 0.2) is 0 Å². The van der Waals surface area contributed by atoms with Gasteiger partial charge >= 0.3 is 0 Å². The molecule has 0 unspecified atom stereocenters. The van der Waals surface area contributed by atoms with Crippen LogP contribution >= 0.6 is 0 Å². The van der Waals surface area contributed by atoms with Crippen LogP contribution in [0, 0.1) is 50.7 Å². The highest BCUT2D eigenvalue weighted by Gasteiger charge is 2.67. The standard InChI is InChI=1S/C30H52O4/c1-25(2)19-10-16-30(34)17-26(3)13-9-21-28(5,15-12-24(33)29(21,6)18-31)20(26)7-8-22(30)27(19,4)14-11-23(25)32/h19-24,31-34H,7-18H2,1-6H3/t19-,20-,21+,22+,23-,24-,26-,27-,28+,29+,30-/m0/s1. The van der Waals surface area contributed by atoms with Crippen molar-refractivity contribution in [3.63, 3.8) is 0 Å². The Morgan fingerprint density at radius 1 is 0.618 bits per heavy atom. The molecule has 5 rings (SSSR count). The van der Waals surface area contributed by atoms with E-state index in [-0.39, 0.29) is 40.3 Å². The molecular weight excluding hydrogens is 424 g/mol. The first-order valence-electron chi connectivity index (χ1n) is 14.4. The van der Waals surface area contributed by atoms with Crippen molar-refractivity contribution in [1.29, 1.82) is 0 Å². The molecule has 0 aromatic rings. The van der Waals surface area contributed by atoms with E-state index in [1.807, 2.05) is 0 Å². The van der Waals surface area contributed by atoms with E-state index in [4.69, 9.17) is 0 Å². The lowest BCUT2D eigenvalue weighted by atomic mass is 9.41. The van der Waals surface area contributed by atoms with Crippen molar-refractivity contribution >= 4 is 0 Å². The maximum Gasteiger partial charge on any atom is 0.0686 e. The van der Waals surface area contributed by atoms with E-state index in [1.54, 1.807) is 0 Å². The van der Waals surface area contributed by atoms with Crippen molar-refractivity contribution in [3.05, 3.63) is 0 Å². The fraction of sp³-hybridized carbons (Fsp3) is 1.00. The van der Waals surface area contributed by atoms with Gasteiger partial charge in [0.05, 0.1) is 24.4 Å². The van der Waals surface area contributed by atoms with Gasteiger partial charge in [-0.1, -0.05) is 41.5 Å². The Labute approximate surface area is 207 Å². The summed E-state index contributed by atoms with van der Waals surface area (Å²) in [5, 5.41) is 44.6. The van der Waals surface area contributed by atoms with Crippen molar-refractivity contribution in [2.24, 2.45) is 50.7 Å². The smallest absolute Gasteiger partial charge is 0.0686 e. The van der Waals surface area contributed by atoms with Gasteiger partial charge in [-0.2, -0.15) is 0 Å². The second-order valence-corrected chi connectivity index (χ2v) is 15.4. The van der Waals surface area contributed by atoms with Gasteiger partial charge in [-0.3, -0.25) is 0 Å². The Morgan fingerprint density at radius 2 is 1.18 bits per heavy atom. The lowest BCUT2D eigenvalue weighted by molar-refractivity contribution is -0.215. The van der Waals surface area contributed by atoms with Crippen LogP contribution in [0.5, 0.6) is 0 Å². The molecule has 4 nitrogen and oxygen atoms in total. The first-order valence-corrected chi connectivity index (χ1v) is 14.4. The van der Waals surface area contributed by atoms with E-state index in [9.17, 15) is 20.4 Å². The number of hydrogen-bond donors (Lipinski definition) is 4. The molecule has 5 fully saturated rings. The minimum Gasteiger partial charge on any atom is -0.396 e. The molecule has 0 aromatic carbocycles. The molecule has 0 spiro atoms. The summed E-state index contributed by atoms with van der Waals surface area (Å²) < 4.78 is 0. The molecule has 0 radical (unpaired) electrons. The molecule has 11 atom stereocenters. The van der Waals surface area contributed by atoms with Crippen LogP contribution in [-0.4, -0.2) is 44.8 Å². The van der Waals surface area contributed by atoms with Gasteiger partial charge in [0.15, 0.2) is 0 Å². The van der Waals surface area contributed by atoms with Gasteiger partial charge in [-0.15, -0.1) is 0 Å². The van der Waals surface area contributed by atoms with Gasteiger partial charge < -0.3 is 20.4 Å². The number of aliphatic hydroxyl groups is 4. The zero-order valence-electron chi connectivity index (χ0n) is 22.7. The van der Waals surface area contributed by atoms with E-state index in [0.717, 1.165) is 70.6 Å². The highest BCUT2D eigenvalue weighted by molar-refractivity contribution is 5.17. The molecule has 0 aromatic heterocycles. The summed E-state index contributed by atoms with van der Waals surface area (Å²) in [5.41, 5.74) is -0.884. The average Bonchev–Trinajstić information content (AvgIpc) is 2.88. The maximum absolute atomic E-state index is 12.4. The normalized spacial score (nSPS) is 59.1. The summed E-state index contributed by atoms with van der Waals surface area (Å²) in [7, 11) is 0. The summed E-state index contributed by atoms with van der Waals surface area (Å²) in [6, 6.07) is 0. The second kappa shape index (κ2) is 7.68. The number of aliphatic hydroxyl groups excluding tert-OH is 3. The monoisotopic (exact) mass is 476 g/mol. The zero-order chi connectivity index (χ0) is 24.9. The van der Waals surface area contributed by atoms with E-state index in [0.29, 0.717) is 17.8 Å². The van der Waals surface area contributed by atoms with Crippen molar-refractivity contribution < 1.29 is 20.4 Å². The molecule has 4 heteroatoms. The highest BCUT2D eigenvalue weighted by atomic mass is 16.3. The number of rotatable bonds is 1. The van der Waals surface area contributed by atoms with Crippen molar-refractivity contribution in [2.45, 2.75) is 130 Å². The Kier molecular flexibility index (Phi) is 5.76. The fourth-order valence-corrected chi connectivity index (χ4v) is 11.8. The van der Waals surface area contributed by atoms with Crippen LogP contribution in [0.2, 0.25) is 0 Å². The average molecular weight is 477 g/mol. The van der Waals surface area contributed by atoms with E-state index in [1.165, 1.54) is 0 Å². The molecule has 0 heterocycles. The lowest BCUT2D eigenvalue weighted by Gasteiger charge is -2.65. The van der Waals surface area contributed by atoms with Crippen LogP contribution in [0.3, 0.4) is 0 Å². The van der Waals surface area contributed by atoms with Crippen molar-refractivity contribution in [1.82, 2.24) is 0 Å². The van der Waals surface area contributed by atoms with Gasteiger partial charge in [0, 0.05) is 5.41 Å². The predicted octanol–water partition coefficient (Wildman–Crippen LogP) is 5.31. The molecule has 5 aliphatic carbocycles. The molecule has 34 heavy (non-hydrogen) atoms. The summed E-state index contributed by atoms with van der Waals surface area (Å²) in [5.74, 6) is 1.57. The predicted molar refractivity (Wildman–Crippen MR) is 135 cm³/mol. The summed E-state index contributed by atoms with van der Waals surface area (Å²) in [4.78, 5) is 0. The number of hydrogen-bond acceptors (Lipinski definition) is 4. The third kappa shape index (κ3) is 3.16. The third-order valence-electron chi connectivity index (χ3n) is 13.6. The summed E-state index contributed by atoms with van der Waals surface area (Å²) >= 11 is 0. The first kappa shape index (κ1) is 25.5. The van der Waals surface area contributed by atoms with Gasteiger partial charge in [-0.25, -0.2) is 0 Å². The Hall–Kier alpha value is -0.160. The molecule has 0 amide bonds. The van der Waals surface area contributed by atoms with Crippen LogP contribution in [0.4, 0.5) is 0 Å². The molecule has 5 saturated carbocycles. The molecular formula is C30H52O4. The minimum atomic E-state index is -0.620. The van der Waals surface area contributed by atoms with Gasteiger partial charge in [0.25, 0.3) is 0 Å². The van der Waals surface area contributed by atoms with Crippen LogP contribution in [-0.2, 0) is 0 Å². The van der Waals surface area contributed by atoms with E-state index >= 15 is 0 Å². The van der Waals surface area contributed by atoms with Crippen molar-refractivity contribution in [2.75, 3.05) is 6.61 Å². The zero-order valence-corrected chi connectivity index (χ0v) is 22.7. The van der Waals surface area contributed by atoms with Crippen molar-refractivity contribution in [3.8, 4) is 0 Å². The van der Waals surface area contributed by atoms with Crippen LogP contribution in [0.1, 0.15) is 112 Å². The van der Waals surface area contributed by atoms with Crippen LogP contribution in [0.25, 0.3) is 0 Å². The highest BCUT2D eigenvalue weighted by Crippen LogP contribution is 2.71. The molecule has 5 aliphatic rings. The second-order valence-electron chi connectivity index (χ2n) is 15.4. The van der Waals surface area contributed by atoms with Gasteiger partial charge in [0.2, 0.25) is 0 Å². The summed E-state index contributed by atoms with van der Waals surface area (Å²) in [6.07, 6.45) is 10.1. The molecule has 4 N–H and O–H groups in total. The molecule has 0 saturated heterocycles. The molecule has 0 bridgehead atoms. The van der Waals surface area contributed by atoms with Gasteiger partial charge in [-0.05, 0) is 116 Å². The van der Waals surface area contributed by atoms with Crippen LogP contribution < -0.4 is 0 Å².